The van der Waals surface area contributed by atoms with Crippen LogP contribution >= 0.6 is 0 Å². The van der Waals surface area contributed by atoms with Crippen molar-refractivity contribution in [3.05, 3.63) is 32.6 Å². The minimum atomic E-state index is -1.20. The number of hydrogen-bond donors (Lipinski definition) is 3. The molecular weight excluding hydrogens is 256 g/mol. The molecule has 0 saturated carbocycles. The summed E-state index contributed by atoms with van der Waals surface area (Å²) in [5.41, 5.74) is -1.96. The molecule has 8 heteroatoms. The van der Waals surface area contributed by atoms with E-state index >= 15 is 0 Å². The molecule has 4 atom stereocenters. The molecule has 0 amide bonds. The van der Waals surface area contributed by atoms with Crippen molar-refractivity contribution >= 4 is 0 Å². The number of rotatable bonds is 2. The van der Waals surface area contributed by atoms with Crippen LogP contribution in [0.25, 0.3) is 0 Å². The van der Waals surface area contributed by atoms with E-state index in [1.807, 2.05) is 0 Å². The highest BCUT2D eigenvalue weighted by Crippen LogP contribution is 2.44. The molecule has 2 aliphatic rings. The van der Waals surface area contributed by atoms with Crippen molar-refractivity contribution in [2.24, 2.45) is 0 Å². The van der Waals surface area contributed by atoms with Crippen LogP contribution in [0.15, 0.2) is 15.8 Å². The summed E-state index contributed by atoms with van der Waals surface area (Å²) in [6.07, 6.45) is -1.26. The van der Waals surface area contributed by atoms with E-state index in [1.54, 1.807) is 6.92 Å². The van der Waals surface area contributed by atoms with Crippen molar-refractivity contribution in [1.82, 2.24) is 9.55 Å². The normalized spacial score (nSPS) is 36.9. The Balaban J connectivity index is 2.04. The number of aromatic amines is 1. The number of nitrogens with zero attached hydrogens (tertiary/aromatic N) is 1. The second kappa shape index (κ2) is 4.01. The van der Waals surface area contributed by atoms with Crippen LogP contribution in [0.2, 0.25) is 0 Å². The van der Waals surface area contributed by atoms with Gasteiger partial charge in [0.1, 0.15) is 17.8 Å². The topological polar surface area (TPSA) is 114 Å². The van der Waals surface area contributed by atoms with E-state index in [2.05, 4.69) is 4.98 Å². The SMILES string of the molecule is Cc1cn(C2O[C@@]3(CO)CO[C@@H]2[C@@H]3O)c(=O)[nH]c1=O. The number of H-pyrrole nitrogens is 1. The molecule has 3 heterocycles. The Morgan fingerprint density at radius 2 is 2.32 bits per heavy atom. The van der Waals surface area contributed by atoms with Crippen LogP contribution in [-0.4, -0.2) is 50.8 Å². The van der Waals surface area contributed by atoms with Gasteiger partial charge in [0.25, 0.3) is 5.56 Å². The standard InChI is InChI=1S/C11H14N2O6/c1-5-2-13(10(17)12-8(5)16)9-6-7(15)11(3-14,19-9)4-18-6/h2,6-7,9,14-15H,3-4H2,1H3,(H,12,16,17)/t6-,7+,9?,11+/m1/s1. The Morgan fingerprint density at radius 1 is 1.58 bits per heavy atom. The largest absolute Gasteiger partial charge is 0.393 e. The molecule has 1 aromatic rings. The van der Waals surface area contributed by atoms with Gasteiger partial charge >= 0.3 is 5.69 Å². The predicted molar refractivity (Wildman–Crippen MR) is 61.7 cm³/mol. The van der Waals surface area contributed by atoms with E-state index in [9.17, 15) is 19.8 Å². The number of aliphatic hydroxyl groups is 2. The molecule has 3 N–H and O–H groups in total. The van der Waals surface area contributed by atoms with E-state index in [0.29, 0.717) is 5.56 Å². The van der Waals surface area contributed by atoms with Crippen LogP contribution in [0.5, 0.6) is 0 Å². The highest BCUT2D eigenvalue weighted by atomic mass is 16.7. The lowest BCUT2D eigenvalue weighted by atomic mass is 10.0. The fourth-order valence-electron chi connectivity index (χ4n) is 2.53. The molecule has 8 nitrogen and oxygen atoms in total. The summed E-state index contributed by atoms with van der Waals surface area (Å²) < 4.78 is 12.1. The number of aryl methyl sites for hydroxylation is 1. The van der Waals surface area contributed by atoms with Gasteiger partial charge in [0.15, 0.2) is 6.23 Å². The van der Waals surface area contributed by atoms with Crippen molar-refractivity contribution in [3.8, 4) is 0 Å². The Kier molecular flexibility index (Phi) is 2.65. The molecule has 19 heavy (non-hydrogen) atoms. The van der Waals surface area contributed by atoms with Gasteiger partial charge in [-0.05, 0) is 6.92 Å². The minimum Gasteiger partial charge on any atom is -0.393 e. The summed E-state index contributed by atoms with van der Waals surface area (Å²) in [5.74, 6) is 0. The second-order valence-electron chi connectivity index (χ2n) is 4.93. The Bertz CT molecular complexity index is 622. The maximum absolute atomic E-state index is 11.8. The summed E-state index contributed by atoms with van der Waals surface area (Å²) in [4.78, 5) is 25.3. The van der Waals surface area contributed by atoms with Crippen molar-refractivity contribution in [2.45, 2.75) is 31.0 Å². The number of fused-ring (bicyclic) bond motifs is 2. The number of hydrogen-bond acceptors (Lipinski definition) is 6. The van der Waals surface area contributed by atoms with Crippen LogP contribution in [0.3, 0.4) is 0 Å². The molecule has 0 aromatic carbocycles. The first-order chi connectivity index (χ1) is 8.98. The quantitative estimate of drug-likeness (QED) is 0.565. The molecule has 3 rings (SSSR count). The number of aromatic nitrogens is 2. The average molecular weight is 270 g/mol. The maximum Gasteiger partial charge on any atom is 0.330 e. The summed E-state index contributed by atoms with van der Waals surface area (Å²) in [7, 11) is 0. The van der Waals surface area contributed by atoms with Crippen LogP contribution in [0.1, 0.15) is 11.8 Å². The van der Waals surface area contributed by atoms with E-state index in [4.69, 9.17) is 9.47 Å². The third-order valence-electron chi connectivity index (χ3n) is 3.69. The third kappa shape index (κ3) is 1.61. The van der Waals surface area contributed by atoms with E-state index in [-0.39, 0.29) is 6.61 Å². The number of nitrogens with one attached hydrogen (secondary N) is 1. The molecule has 1 unspecified atom stereocenters. The molecule has 0 aliphatic carbocycles. The Labute approximate surface area is 107 Å². The lowest BCUT2D eigenvalue weighted by Gasteiger charge is -2.29. The van der Waals surface area contributed by atoms with E-state index in [1.165, 1.54) is 10.8 Å². The zero-order valence-electron chi connectivity index (χ0n) is 10.2. The summed E-state index contributed by atoms with van der Waals surface area (Å²) >= 11 is 0. The monoisotopic (exact) mass is 270 g/mol. The van der Waals surface area contributed by atoms with Crippen molar-refractivity contribution in [1.29, 1.82) is 0 Å². The highest BCUT2D eigenvalue weighted by molar-refractivity contribution is 5.09. The maximum atomic E-state index is 11.8. The summed E-state index contributed by atoms with van der Waals surface area (Å²) in [6, 6.07) is 0. The van der Waals surface area contributed by atoms with E-state index in [0.717, 1.165) is 0 Å². The molecule has 0 radical (unpaired) electrons. The Morgan fingerprint density at radius 3 is 2.95 bits per heavy atom. The van der Waals surface area contributed by atoms with Gasteiger partial charge in [-0.15, -0.1) is 0 Å². The molecule has 2 fully saturated rings. The van der Waals surface area contributed by atoms with Gasteiger partial charge < -0.3 is 19.7 Å². The van der Waals surface area contributed by atoms with Crippen LogP contribution < -0.4 is 11.2 Å². The van der Waals surface area contributed by atoms with Gasteiger partial charge in [0.2, 0.25) is 0 Å². The fraction of sp³-hybridized carbons (Fsp3) is 0.636. The van der Waals surface area contributed by atoms with Crippen LogP contribution in [0, 0.1) is 6.92 Å². The van der Waals surface area contributed by atoms with Crippen LogP contribution in [-0.2, 0) is 9.47 Å². The van der Waals surface area contributed by atoms with Crippen molar-refractivity contribution in [2.75, 3.05) is 13.2 Å². The fourth-order valence-corrected chi connectivity index (χ4v) is 2.53. The smallest absolute Gasteiger partial charge is 0.330 e. The van der Waals surface area contributed by atoms with Gasteiger partial charge in [-0.2, -0.15) is 0 Å². The first-order valence-corrected chi connectivity index (χ1v) is 5.89. The molecule has 104 valence electrons. The summed E-state index contributed by atoms with van der Waals surface area (Å²) in [6.45, 7) is 1.22. The highest BCUT2D eigenvalue weighted by Gasteiger charge is 2.61. The number of ether oxygens (including phenoxy) is 2. The van der Waals surface area contributed by atoms with Gasteiger partial charge in [-0.25, -0.2) is 4.79 Å². The molecule has 1 aromatic heterocycles. The molecule has 2 aliphatic heterocycles. The van der Waals surface area contributed by atoms with E-state index < -0.39 is 41.9 Å². The zero-order chi connectivity index (χ0) is 13.8. The van der Waals surface area contributed by atoms with Gasteiger partial charge in [-0.3, -0.25) is 14.3 Å². The first kappa shape index (κ1) is 12.5. The van der Waals surface area contributed by atoms with Gasteiger partial charge in [0, 0.05) is 11.8 Å². The minimum absolute atomic E-state index is 0.0723. The molecular formula is C11H14N2O6. The lowest BCUT2D eigenvalue weighted by Crippen LogP contribution is -2.44. The second-order valence-corrected chi connectivity index (χ2v) is 4.93. The van der Waals surface area contributed by atoms with Crippen molar-refractivity contribution < 1.29 is 19.7 Å². The summed E-state index contributed by atoms with van der Waals surface area (Å²) in [5, 5.41) is 19.4. The van der Waals surface area contributed by atoms with Crippen molar-refractivity contribution in [3.63, 3.8) is 0 Å². The zero-order valence-corrected chi connectivity index (χ0v) is 10.2. The lowest BCUT2D eigenvalue weighted by molar-refractivity contribution is -0.187. The Hall–Kier alpha value is -1.48. The molecule has 2 saturated heterocycles. The third-order valence-corrected chi connectivity index (χ3v) is 3.69. The number of aliphatic hydroxyl groups excluding tert-OH is 2. The van der Waals surface area contributed by atoms with Crippen LogP contribution in [0.4, 0.5) is 0 Å². The predicted octanol–water partition coefficient (Wildman–Crippen LogP) is -2.14. The average Bonchev–Trinajstić information content (AvgIpc) is 2.85. The molecule has 2 bridgehead atoms. The first-order valence-electron chi connectivity index (χ1n) is 5.89. The molecule has 0 spiro atoms. The van der Waals surface area contributed by atoms with Gasteiger partial charge in [0.05, 0.1) is 13.2 Å². The van der Waals surface area contributed by atoms with Gasteiger partial charge in [-0.1, -0.05) is 0 Å².